The summed E-state index contributed by atoms with van der Waals surface area (Å²) in [6.07, 6.45) is 0.753. The van der Waals surface area contributed by atoms with Crippen molar-refractivity contribution in [2.75, 3.05) is 7.11 Å². The van der Waals surface area contributed by atoms with E-state index in [1.54, 1.807) is 18.9 Å². The van der Waals surface area contributed by atoms with Crippen molar-refractivity contribution in [2.24, 2.45) is 0 Å². The van der Waals surface area contributed by atoms with Crippen LogP contribution in [0.5, 0.6) is 5.75 Å². The van der Waals surface area contributed by atoms with E-state index in [-0.39, 0.29) is 0 Å². The van der Waals surface area contributed by atoms with E-state index in [1.807, 2.05) is 42.5 Å². The van der Waals surface area contributed by atoms with Crippen LogP contribution in [-0.4, -0.2) is 32.1 Å². The van der Waals surface area contributed by atoms with Crippen LogP contribution in [-0.2, 0) is 18.7 Å². The van der Waals surface area contributed by atoms with Crippen molar-refractivity contribution in [2.45, 2.75) is 30.8 Å². The van der Waals surface area contributed by atoms with Gasteiger partial charge in [-0.2, -0.15) is 0 Å². The predicted molar refractivity (Wildman–Crippen MR) is 111 cm³/mol. The molecule has 8 heteroatoms. The SMILES string of the molecule is CCn1c(Cc2ccccc2)nnc1SCc1nnc(-c2cccc(OC)c2)o1. The van der Waals surface area contributed by atoms with E-state index in [4.69, 9.17) is 9.15 Å². The van der Waals surface area contributed by atoms with E-state index in [2.05, 4.69) is 44.0 Å². The molecule has 0 fully saturated rings. The maximum absolute atomic E-state index is 5.81. The molecule has 0 amide bonds. The average Bonchev–Trinajstić information content (AvgIpc) is 3.40. The molecule has 2 heterocycles. The topological polar surface area (TPSA) is 78.9 Å². The summed E-state index contributed by atoms with van der Waals surface area (Å²) in [7, 11) is 1.63. The molecule has 0 saturated carbocycles. The highest BCUT2D eigenvalue weighted by Crippen LogP contribution is 2.26. The number of hydrogen-bond donors (Lipinski definition) is 0. The van der Waals surface area contributed by atoms with Crippen molar-refractivity contribution in [3.8, 4) is 17.2 Å². The normalized spacial score (nSPS) is 11.0. The van der Waals surface area contributed by atoms with Gasteiger partial charge in [-0.15, -0.1) is 20.4 Å². The zero-order chi connectivity index (χ0) is 20.1. The molecule has 148 valence electrons. The summed E-state index contributed by atoms with van der Waals surface area (Å²) in [6.45, 7) is 2.89. The number of aromatic nitrogens is 5. The molecule has 0 saturated heterocycles. The van der Waals surface area contributed by atoms with Gasteiger partial charge >= 0.3 is 0 Å². The third kappa shape index (κ3) is 4.48. The van der Waals surface area contributed by atoms with E-state index < -0.39 is 0 Å². The Kier molecular flexibility index (Phi) is 5.90. The second-order valence-corrected chi connectivity index (χ2v) is 7.27. The van der Waals surface area contributed by atoms with E-state index >= 15 is 0 Å². The van der Waals surface area contributed by atoms with Gasteiger partial charge in [-0.25, -0.2) is 0 Å². The summed E-state index contributed by atoms with van der Waals surface area (Å²) in [5.74, 6) is 3.24. The van der Waals surface area contributed by atoms with E-state index in [1.165, 1.54) is 5.56 Å². The number of methoxy groups -OCH3 is 1. The van der Waals surface area contributed by atoms with Gasteiger partial charge in [0.15, 0.2) is 5.16 Å². The summed E-state index contributed by atoms with van der Waals surface area (Å²) in [5, 5.41) is 17.9. The summed E-state index contributed by atoms with van der Waals surface area (Å²) in [4.78, 5) is 0. The smallest absolute Gasteiger partial charge is 0.247 e. The van der Waals surface area contributed by atoms with Crippen LogP contribution in [0.4, 0.5) is 0 Å². The lowest BCUT2D eigenvalue weighted by atomic mass is 10.1. The van der Waals surface area contributed by atoms with Crippen LogP contribution in [0.25, 0.3) is 11.5 Å². The van der Waals surface area contributed by atoms with Gasteiger partial charge in [0.05, 0.1) is 12.9 Å². The van der Waals surface area contributed by atoms with Crippen LogP contribution in [0.1, 0.15) is 24.2 Å². The lowest BCUT2D eigenvalue weighted by Gasteiger charge is -2.06. The summed E-state index contributed by atoms with van der Waals surface area (Å²) >= 11 is 1.54. The molecule has 2 aromatic carbocycles. The molecule has 0 bridgehead atoms. The van der Waals surface area contributed by atoms with Gasteiger partial charge in [0.1, 0.15) is 11.6 Å². The van der Waals surface area contributed by atoms with Crippen molar-refractivity contribution >= 4 is 11.8 Å². The van der Waals surface area contributed by atoms with E-state index in [0.29, 0.717) is 17.5 Å². The van der Waals surface area contributed by atoms with Gasteiger partial charge in [0, 0.05) is 18.5 Å². The van der Waals surface area contributed by atoms with Crippen molar-refractivity contribution < 1.29 is 9.15 Å². The van der Waals surface area contributed by atoms with Crippen molar-refractivity contribution in [3.63, 3.8) is 0 Å². The Morgan fingerprint density at radius 3 is 2.66 bits per heavy atom. The Labute approximate surface area is 173 Å². The molecular formula is C21H21N5O2S. The van der Waals surface area contributed by atoms with E-state index in [0.717, 1.165) is 35.3 Å². The Morgan fingerprint density at radius 2 is 1.86 bits per heavy atom. The minimum Gasteiger partial charge on any atom is -0.497 e. The highest BCUT2D eigenvalue weighted by Gasteiger charge is 2.15. The van der Waals surface area contributed by atoms with Gasteiger partial charge < -0.3 is 13.7 Å². The minimum absolute atomic E-state index is 0.473. The Morgan fingerprint density at radius 1 is 1.00 bits per heavy atom. The Hall–Kier alpha value is -3.13. The maximum atomic E-state index is 5.81. The number of ether oxygens (including phenoxy) is 1. The molecule has 0 N–H and O–H groups in total. The number of nitrogens with zero attached hydrogens (tertiary/aromatic N) is 5. The van der Waals surface area contributed by atoms with Crippen molar-refractivity contribution in [3.05, 3.63) is 71.9 Å². The molecule has 2 aromatic heterocycles. The van der Waals surface area contributed by atoms with Gasteiger partial charge in [-0.1, -0.05) is 48.2 Å². The lowest BCUT2D eigenvalue weighted by Crippen LogP contribution is -2.04. The highest BCUT2D eigenvalue weighted by molar-refractivity contribution is 7.98. The second kappa shape index (κ2) is 8.91. The number of hydrogen-bond acceptors (Lipinski definition) is 7. The van der Waals surface area contributed by atoms with Crippen LogP contribution in [0.2, 0.25) is 0 Å². The average molecular weight is 407 g/mol. The van der Waals surface area contributed by atoms with Crippen molar-refractivity contribution in [1.82, 2.24) is 25.0 Å². The highest BCUT2D eigenvalue weighted by atomic mass is 32.2. The van der Waals surface area contributed by atoms with Gasteiger partial charge in [0.2, 0.25) is 11.8 Å². The standard InChI is InChI=1S/C21H21N5O2S/c1-3-26-18(12-15-8-5-4-6-9-15)22-25-21(26)29-14-19-23-24-20(28-19)16-10-7-11-17(13-16)27-2/h4-11,13H,3,12,14H2,1-2H3. The Bertz CT molecular complexity index is 1080. The van der Waals surface area contributed by atoms with Crippen LogP contribution in [0.15, 0.2) is 64.2 Å². The number of benzene rings is 2. The zero-order valence-corrected chi connectivity index (χ0v) is 17.1. The fourth-order valence-electron chi connectivity index (χ4n) is 2.96. The quantitative estimate of drug-likeness (QED) is 0.404. The van der Waals surface area contributed by atoms with Crippen molar-refractivity contribution in [1.29, 1.82) is 0 Å². The molecule has 0 aliphatic carbocycles. The molecule has 0 aliphatic heterocycles. The predicted octanol–water partition coefficient (Wildman–Crippen LogP) is 4.24. The van der Waals surface area contributed by atoms with Crippen LogP contribution < -0.4 is 4.74 Å². The molecule has 0 aliphatic rings. The molecule has 7 nitrogen and oxygen atoms in total. The van der Waals surface area contributed by atoms with Gasteiger partial charge in [-0.3, -0.25) is 0 Å². The fourth-order valence-corrected chi connectivity index (χ4v) is 3.82. The maximum Gasteiger partial charge on any atom is 0.247 e. The molecule has 4 rings (SSSR count). The zero-order valence-electron chi connectivity index (χ0n) is 16.3. The molecule has 4 aromatic rings. The van der Waals surface area contributed by atoms with Crippen LogP contribution >= 0.6 is 11.8 Å². The van der Waals surface area contributed by atoms with E-state index in [9.17, 15) is 0 Å². The van der Waals surface area contributed by atoms with Crippen LogP contribution in [0.3, 0.4) is 0 Å². The molecule has 0 spiro atoms. The third-order valence-corrected chi connectivity index (χ3v) is 5.37. The number of thioether (sulfide) groups is 1. The van der Waals surface area contributed by atoms with Crippen LogP contribution in [0, 0.1) is 0 Å². The number of rotatable bonds is 8. The fraction of sp³-hybridized carbons (Fsp3) is 0.238. The largest absolute Gasteiger partial charge is 0.497 e. The molecule has 0 atom stereocenters. The Balaban J connectivity index is 1.45. The summed E-state index contributed by atoms with van der Waals surface area (Å²) in [6, 6.07) is 17.8. The third-order valence-electron chi connectivity index (χ3n) is 4.42. The van der Waals surface area contributed by atoms with Gasteiger partial charge in [-0.05, 0) is 30.7 Å². The first-order valence-electron chi connectivity index (χ1n) is 9.32. The summed E-state index contributed by atoms with van der Waals surface area (Å²) in [5.41, 5.74) is 2.04. The molecule has 0 unspecified atom stereocenters. The second-order valence-electron chi connectivity index (χ2n) is 6.33. The molecular weight excluding hydrogens is 386 g/mol. The first kappa shape index (κ1) is 19.2. The monoisotopic (exact) mass is 407 g/mol. The van der Waals surface area contributed by atoms with Gasteiger partial charge in [0.25, 0.3) is 0 Å². The minimum atomic E-state index is 0.473. The lowest BCUT2D eigenvalue weighted by molar-refractivity contribution is 0.414. The first-order chi connectivity index (χ1) is 14.3. The molecule has 0 radical (unpaired) electrons. The summed E-state index contributed by atoms with van der Waals surface area (Å²) < 4.78 is 13.2. The molecule has 29 heavy (non-hydrogen) atoms. The first-order valence-corrected chi connectivity index (χ1v) is 10.3.